The van der Waals surface area contributed by atoms with E-state index in [0.717, 1.165) is 13.9 Å². The molecule has 0 spiro atoms. The number of alkyl halides is 2. The van der Waals surface area contributed by atoms with Crippen LogP contribution in [0, 0.1) is 29.1 Å². The van der Waals surface area contributed by atoms with E-state index in [9.17, 15) is 46.2 Å². The highest BCUT2D eigenvalue weighted by Crippen LogP contribution is 2.65. The fourth-order valence-electron chi connectivity index (χ4n) is 6.22. The van der Waals surface area contributed by atoms with Gasteiger partial charge in [-0.2, -0.15) is 0 Å². The molecule has 1 saturated carbocycles. The monoisotopic (exact) mass is 646 g/mol. The van der Waals surface area contributed by atoms with Crippen molar-refractivity contribution in [3.63, 3.8) is 0 Å². The van der Waals surface area contributed by atoms with Crippen LogP contribution in [0.2, 0.25) is 0 Å². The molecule has 1 N–H and O–H groups in total. The van der Waals surface area contributed by atoms with Gasteiger partial charge in [-0.1, -0.05) is 18.2 Å². The number of ether oxygens (including phenoxy) is 1. The number of anilines is 1. The fourth-order valence-corrected chi connectivity index (χ4v) is 7.13. The summed E-state index contributed by atoms with van der Waals surface area (Å²) in [5, 5.41) is 11.1. The first-order chi connectivity index (χ1) is 20.1. The molecule has 1 aromatic heterocycles. The summed E-state index contributed by atoms with van der Waals surface area (Å²) in [7, 11) is 2.40. The molecule has 3 aliphatic rings. The number of aromatic nitrogens is 3. The van der Waals surface area contributed by atoms with Crippen molar-refractivity contribution in [3.8, 4) is 11.5 Å². The van der Waals surface area contributed by atoms with E-state index < -0.39 is 91.8 Å². The Kier molecular flexibility index (Phi) is 6.20. The second kappa shape index (κ2) is 9.19. The molecular formula is C26H17Cl2F5N4O6. The largest absolute Gasteiger partial charge is 0.504 e. The van der Waals surface area contributed by atoms with Gasteiger partial charge in [-0.05, 0) is 11.6 Å². The highest BCUT2D eigenvalue weighted by Gasteiger charge is 2.76. The summed E-state index contributed by atoms with van der Waals surface area (Å²) in [6.07, 6.45) is 0.666. The molecule has 4 atom stereocenters. The summed E-state index contributed by atoms with van der Waals surface area (Å²) in [6, 6.07) is 2.69. The average molecular weight is 647 g/mol. The standard InChI is InChI=1S/C26H17Cl2F5N4O6/c1-34-23(41)35-7-6-9-11(37(35)24(34)42)8-25(27)21(39)36(19-17(32)15(30)14(29)16(31)18(19)33)22(40)26(25,28)13(9)10-4-3-5-12(43-2)20(10)38/h3-6,11,13,38H,7-8H2,1-2H3/t11-,13-,25-,26+/m1/s1. The molecule has 0 unspecified atom stereocenters. The molecule has 0 bridgehead atoms. The summed E-state index contributed by atoms with van der Waals surface area (Å²) >= 11 is 13.9. The van der Waals surface area contributed by atoms with Gasteiger partial charge in [0, 0.05) is 24.9 Å². The number of hydrogen-bond acceptors (Lipinski definition) is 6. The van der Waals surface area contributed by atoms with Crippen LogP contribution in [0.25, 0.3) is 0 Å². The van der Waals surface area contributed by atoms with Crippen molar-refractivity contribution < 1.29 is 41.4 Å². The lowest BCUT2D eigenvalue weighted by Crippen LogP contribution is -2.59. The van der Waals surface area contributed by atoms with Crippen molar-refractivity contribution >= 4 is 40.7 Å². The van der Waals surface area contributed by atoms with Gasteiger partial charge >= 0.3 is 11.4 Å². The van der Waals surface area contributed by atoms with Gasteiger partial charge in [-0.25, -0.2) is 50.4 Å². The minimum absolute atomic E-state index is 0.0999. The number of fused-ring (bicyclic) bond motifs is 4. The van der Waals surface area contributed by atoms with Crippen LogP contribution in [0.1, 0.15) is 23.9 Å². The number of allylic oxidation sites excluding steroid dienone is 2. The number of hydrogen-bond donors (Lipinski definition) is 1. The Morgan fingerprint density at radius 2 is 1.53 bits per heavy atom. The maximum absolute atomic E-state index is 15.0. The number of aromatic hydroxyl groups is 1. The van der Waals surface area contributed by atoms with Gasteiger partial charge in [0.2, 0.25) is 5.82 Å². The molecule has 10 nitrogen and oxygen atoms in total. The van der Waals surface area contributed by atoms with Crippen LogP contribution in [0.3, 0.4) is 0 Å². The Hall–Kier alpha value is -4.11. The Balaban J connectivity index is 1.68. The van der Waals surface area contributed by atoms with Crippen LogP contribution in [-0.2, 0) is 23.2 Å². The number of halogens is 7. The zero-order valence-corrected chi connectivity index (χ0v) is 23.3. The first kappa shape index (κ1) is 29.0. The van der Waals surface area contributed by atoms with Crippen molar-refractivity contribution in [2.45, 2.75) is 34.7 Å². The van der Waals surface area contributed by atoms with Crippen molar-refractivity contribution in [3.05, 3.63) is 85.5 Å². The van der Waals surface area contributed by atoms with Gasteiger partial charge in [-0.15, -0.1) is 23.2 Å². The van der Waals surface area contributed by atoms with E-state index in [-0.39, 0.29) is 28.3 Å². The number of carbonyl (C=O) groups excluding carboxylic acids is 2. The van der Waals surface area contributed by atoms with Gasteiger partial charge in [0.25, 0.3) is 11.8 Å². The summed E-state index contributed by atoms with van der Waals surface area (Å²) < 4.78 is 80.2. The molecule has 2 fully saturated rings. The van der Waals surface area contributed by atoms with E-state index in [1.165, 1.54) is 38.4 Å². The van der Waals surface area contributed by atoms with Gasteiger partial charge in [-0.3, -0.25) is 9.59 Å². The minimum Gasteiger partial charge on any atom is -0.504 e. The number of phenols is 1. The number of carbonyl (C=O) groups is 2. The van der Waals surface area contributed by atoms with Crippen LogP contribution in [-0.4, -0.2) is 47.7 Å². The molecule has 226 valence electrons. The maximum Gasteiger partial charge on any atom is 0.347 e. The maximum atomic E-state index is 15.0. The zero-order chi connectivity index (χ0) is 31.5. The Morgan fingerprint density at radius 3 is 2.14 bits per heavy atom. The highest BCUT2D eigenvalue weighted by atomic mass is 35.5. The highest BCUT2D eigenvalue weighted by molar-refractivity contribution is 6.58. The van der Waals surface area contributed by atoms with E-state index in [1.54, 1.807) is 0 Å². The molecule has 17 heteroatoms. The number of benzene rings is 2. The van der Waals surface area contributed by atoms with Crippen molar-refractivity contribution in [1.29, 1.82) is 0 Å². The Labute approximate surface area is 246 Å². The van der Waals surface area contributed by atoms with Crippen molar-refractivity contribution in [1.82, 2.24) is 13.9 Å². The second-order valence-corrected chi connectivity index (χ2v) is 11.4. The summed E-state index contributed by atoms with van der Waals surface area (Å²) in [6.45, 7) is -0.242. The van der Waals surface area contributed by atoms with Crippen molar-refractivity contribution in [2.24, 2.45) is 7.05 Å². The Morgan fingerprint density at radius 1 is 0.930 bits per heavy atom. The molecule has 1 aliphatic carbocycles. The van der Waals surface area contributed by atoms with Crippen LogP contribution < -0.4 is 21.0 Å². The average Bonchev–Trinajstić information content (AvgIpc) is 3.29. The molecule has 2 amide bonds. The topological polar surface area (TPSA) is 116 Å². The lowest BCUT2D eigenvalue weighted by Gasteiger charge is -2.49. The van der Waals surface area contributed by atoms with Crippen LogP contribution in [0.15, 0.2) is 39.4 Å². The van der Waals surface area contributed by atoms with Gasteiger partial charge in [0.1, 0.15) is 5.69 Å². The molecule has 43 heavy (non-hydrogen) atoms. The smallest absolute Gasteiger partial charge is 0.347 e. The summed E-state index contributed by atoms with van der Waals surface area (Å²) in [5.74, 6) is -18.1. The summed E-state index contributed by atoms with van der Waals surface area (Å²) in [4.78, 5) is 48.2. The van der Waals surface area contributed by atoms with Crippen molar-refractivity contribution in [2.75, 3.05) is 12.0 Å². The first-order valence-corrected chi connectivity index (χ1v) is 13.1. The number of para-hydroxylation sites is 1. The molecule has 3 aromatic rings. The molecule has 6 rings (SSSR count). The minimum atomic E-state index is -2.78. The lowest BCUT2D eigenvalue weighted by molar-refractivity contribution is -0.122. The first-order valence-electron chi connectivity index (χ1n) is 12.4. The number of rotatable bonds is 3. The van der Waals surface area contributed by atoms with Gasteiger partial charge in [0.05, 0.1) is 19.7 Å². The Bertz CT molecular complexity index is 1930. The number of methoxy groups -OCH3 is 1. The fraction of sp³-hybridized carbons (Fsp3) is 0.308. The molecule has 1 saturated heterocycles. The van der Waals surface area contributed by atoms with Crippen LogP contribution >= 0.6 is 23.2 Å². The normalized spacial score (nSPS) is 26.3. The van der Waals surface area contributed by atoms with Crippen LogP contribution in [0.4, 0.5) is 27.6 Å². The third-order valence-electron chi connectivity index (χ3n) is 8.24. The number of imide groups is 1. The number of phenolic OH excluding ortho intramolecular Hbond substituents is 1. The van der Waals surface area contributed by atoms with E-state index in [1.807, 2.05) is 0 Å². The predicted octanol–water partition coefficient (Wildman–Crippen LogP) is 2.96. The van der Waals surface area contributed by atoms with Gasteiger partial charge < -0.3 is 9.84 Å². The van der Waals surface area contributed by atoms with E-state index in [0.29, 0.717) is 0 Å². The molecule has 2 aliphatic heterocycles. The van der Waals surface area contributed by atoms with E-state index in [2.05, 4.69) is 0 Å². The molecule has 3 heterocycles. The molecule has 2 aromatic carbocycles. The van der Waals surface area contributed by atoms with Gasteiger partial charge in [0.15, 0.2) is 44.5 Å². The SMILES string of the molecule is COc1cccc([C@H]2C3=CCn4c(=O)n(C)c(=O)n4[C@@H]3C[C@@]3(Cl)C(=O)N(c4c(F)c(F)c(F)c(F)c4F)C(=O)[C@@]23Cl)c1O. The quantitative estimate of drug-likeness (QED) is 0.117. The number of nitrogens with zero attached hydrogens (tertiary/aromatic N) is 4. The molecular weight excluding hydrogens is 630 g/mol. The number of amides is 2. The third kappa shape index (κ3) is 3.34. The lowest BCUT2D eigenvalue weighted by atomic mass is 9.64. The van der Waals surface area contributed by atoms with E-state index >= 15 is 0 Å². The molecule has 0 radical (unpaired) electrons. The predicted molar refractivity (Wildman–Crippen MR) is 139 cm³/mol. The zero-order valence-electron chi connectivity index (χ0n) is 21.8. The van der Waals surface area contributed by atoms with E-state index in [4.69, 9.17) is 27.9 Å². The second-order valence-electron chi connectivity index (χ2n) is 10.2. The third-order valence-corrected chi connectivity index (χ3v) is 9.65. The van der Waals surface area contributed by atoms with Crippen LogP contribution in [0.5, 0.6) is 11.5 Å². The summed E-state index contributed by atoms with van der Waals surface area (Å²) in [5.41, 5.74) is -3.59.